The Labute approximate surface area is 120 Å². The number of hydrogen-bond donors (Lipinski definition) is 1. The minimum absolute atomic E-state index is 0.524. The second-order valence-corrected chi connectivity index (χ2v) is 5.80. The largest absolute Gasteiger partial charge is 0.476 e. The fourth-order valence-corrected chi connectivity index (χ4v) is 3.74. The lowest BCUT2D eigenvalue weighted by atomic mass is 9.78. The number of aromatic nitrogens is 2. The molecule has 110 valence electrons. The lowest BCUT2D eigenvalue weighted by Gasteiger charge is -2.45. The molecule has 3 rings (SSSR count). The molecule has 2 atom stereocenters. The van der Waals surface area contributed by atoms with Crippen LogP contribution < -0.4 is 15.4 Å². The van der Waals surface area contributed by atoms with Crippen molar-refractivity contribution in [1.82, 2.24) is 9.97 Å². The number of rotatable bonds is 3. The highest BCUT2D eigenvalue weighted by Gasteiger charge is 2.35. The van der Waals surface area contributed by atoms with Crippen molar-refractivity contribution >= 4 is 11.5 Å². The van der Waals surface area contributed by atoms with E-state index in [-0.39, 0.29) is 0 Å². The van der Waals surface area contributed by atoms with Crippen LogP contribution in [0.5, 0.6) is 5.88 Å². The van der Waals surface area contributed by atoms with E-state index < -0.39 is 0 Å². The highest BCUT2D eigenvalue weighted by atomic mass is 16.5. The molecule has 2 unspecified atom stereocenters. The van der Waals surface area contributed by atoms with Gasteiger partial charge in [-0.1, -0.05) is 12.8 Å². The van der Waals surface area contributed by atoms with Gasteiger partial charge in [-0.3, -0.25) is 0 Å². The van der Waals surface area contributed by atoms with E-state index in [0.29, 0.717) is 24.2 Å². The summed E-state index contributed by atoms with van der Waals surface area (Å²) in [5, 5.41) is 0. The van der Waals surface area contributed by atoms with Crippen molar-refractivity contribution in [2.24, 2.45) is 5.92 Å². The summed E-state index contributed by atoms with van der Waals surface area (Å²) in [5.74, 6) is 2.21. The molecule has 2 fully saturated rings. The van der Waals surface area contributed by atoms with Gasteiger partial charge in [0.1, 0.15) is 12.0 Å². The third-order valence-electron chi connectivity index (χ3n) is 4.62. The highest BCUT2D eigenvalue weighted by Crippen LogP contribution is 2.39. The summed E-state index contributed by atoms with van der Waals surface area (Å²) in [6.07, 6.45) is 9.46. The molecule has 5 nitrogen and oxygen atoms in total. The number of piperidine rings is 1. The first-order valence-electron chi connectivity index (χ1n) is 7.81. The Morgan fingerprint density at radius 1 is 1.25 bits per heavy atom. The molecule has 1 aromatic heterocycles. The lowest BCUT2D eigenvalue weighted by Crippen LogP contribution is -2.47. The zero-order valence-corrected chi connectivity index (χ0v) is 12.2. The van der Waals surface area contributed by atoms with E-state index in [2.05, 4.69) is 14.9 Å². The molecule has 0 bridgehead atoms. The Bertz CT molecular complexity index is 463. The van der Waals surface area contributed by atoms with Crippen LogP contribution >= 0.6 is 0 Å². The number of anilines is 2. The number of ether oxygens (including phenoxy) is 1. The van der Waals surface area contributed by atoms with Crippen LogP contribution in [0.4, 0.5) is 11.5 Å². The molecule has 1 aliphatic heterocycles. The Hall–Kier alpha value is -1.52. The SMILES string of the molecule is CCOc1ncnc(N2CCCC3CCCCC32)c1N. The smallest absolute Gasteiger partial charge is 0.242 e. The van der Waals surface area contributed by atoms with Gasteiger partial charge in [-0.05, 0) is 38.5 Å². The van der Waals surface area contributed by atoms with Gasteiger partial charge in [0.2, 0.25) is 5.88 Å². The number of fused-ring (bicyclic) bond motifs is 1. The molecule has 1 aliphatic carbocycles. The van der Waals surface area contributed by atoms with E-state index in [1.165, 1.54) is 38.5 Å². The maximum absolute atomic E-state index is 6.23. The van der Waals surface area contributed by atoms with Crippen LogP contribution in [0, 0.1) is 5.92 Å². The van der Waals surface area contributed by atoms with Crippen LogP contribution in [0.3, 0.4) is 0 Å². The molecule has 0 radical (unpaired) electrons. The van der Waals surface area contributed by atoms with Crippen molar-refractivity contribution in [1.29, 1.82) is 0 Å². The van der Waals surface area contributed by atoms with E-state index in [9.17, 15) is 0 Å². The molecular formula is C15H24N4O. The lowest BCUT2D eigenvalue weighted by molar-refractivity contribution is 0.242. The van der Waals surface area contributed by atoms with Crippen molar-refractivity contribution in [3.05, 3.63) is 6.33 Å². The average molecular weight is 276 g/mol. The summed E-state index contributed by atoms with van der Waals surface area (Å²) in [6, 6.07) is 0.601. The fourth-order valence-electron chi connectivity index (χ4n) is 3.74. The molecule has 2 heterocycles. The van der Waals surface area contributed by atoms with E-state index in [4.69, 9.17) is 10.5 Å². The van der Waals surface area contributed by atoms with Crippen molar-refractivity contribution in [3.8, 4) is 5.88 Å². The summed E-state index contributed by atoms with van der Waals surface area (Å²) >= 11 is 0. The molecule has 1 saturated heterocycles. The first-order chi connectivity index (χ1) is 9.81. The van der Waals surface area contributed by atoms with Gasteiger partial charge in [0.25, 0.3) is 0 Å². The molecule has 0 amide bonds. The van der Waals surface area contributed by atoms with Crippen LogP contribution in [0.15, 0.2) is 6.33 Å². The summed E-state index contributed by atoms with van der Waals surface area (Å²) in [6.45, 7) is 3.57. The average Bonchev–Trinajstić information content (AvgIpc) is 2.49. The van der Waals surface area contributed by atoms with Crippen molar-refractivity contribution in [2.45, 2.75) is 51.5 Å². The van der Waals surface area contributed by atoms with Gasteiger partial charge < -0.3 is 15.4 Å². The van der Waals surface area contributed by atoms with E-state index in [0.717, 1.165) is 18.3 Å². The molecule has 0 spiro atoms. The highest BCUT2D eigenvalue weighted by molar-refractivity contribution is 5.68. The van der Waals surface area contributed by atoms with Crippen LogP contribution in [0.25, 0.3) is 0 Å². The summed E-state index contributed by atoms with van der Waals surface area (Å²) in [4.78, 5) is 11.0. The van der Waals surface area contributed by atoms with E-state index in [1.54, 1.807) is 6.33 Å². The minimum Gasteiger partial charge on any atom is -0.476 e. The number of nitrogens with zero attached hydrogens (tertiary/aromatic N) is 3. The number of nitrogens with two attached hydrogens (primary N) is 1. The summed E-state index contributed by atoms with van der Waals surface area (Å²) in [5.41, 5.74) is 6.83. The van der Waals surface area contributed by atoms with Gasteiger partial charge in [-0.25, -0.2) is 4.98 Å². The maximum Gasteiger partial charge on any atom is 0.242 e. The van der Waals surface area contributed by atoms with Gasteiger partial charge in [-0.2, -0.15) is 4.98 Å². The van der Waals surface area contributed by atoms with Crippen LogP contribution in [-0.2, 0) is 0 Å². The quantitative estimate of drug-likeness (QED) is 0.919. The predicted octanol–water partition coefficient (Wildman–Crippen LogP) is 2.62. The molecule has 1 aromatic rings. The first-order valence-corrected chi connectivity index (χ1v) is 7.81. The molecule has 1 saturated carbocycles. The second-order valence-electron chi connectivity index (χ2n) is 5.80. The van der Waals surface area contributed by atoms with Gasteiger partial charge in [0.05, 0.1) is 6.61 Å². The second kappa shape index (κ2) is 5.85. The van der Waals surface area contributed by atoms with Crippen LogP contribution in [0.1, 0.15) is 45.4 Å². The van der Waals surface area contributed by atoms with Crippen molar-refractivity contribution in [2.75, 3.05) is 23.8 Å². The first kappa shape index (κ1) is 13.5. The standard InChI is InChI=1S/C15H24N4O/c1-2-20-15-13(16)14(17-10-18-15)19-9-5-7-11-6-3-4-8-12(11)19/h10-12H,2-9,16H2,1H3. The third-order valence-corrected chi connectivity index (χ3v) is 4.62. The minimum atomic E-state index is 0.524. The Morgan fingerprint density at radius 3 is 2.90 bits per heavy atom. The molecule has 0 aromatic carbocycles. The summed E-state index contributed by atoms with van der Waals surface area (Å²) in [7, 11) is 0. The fraction of sp³-hybridized carbons (Fsp3) is 0.733. The Balaban J connectivity index is 1.89. The van der Waals surface area contributed by atoms with Gasteiger partial charge in [-0.15, -0.1) is 0 Å². The van der Waals surface area contributed by atoms with Gasteiger partial charge in [0.15, 0.2) is 5.82 Å². The van der Waals surface area contributed by atoms with Crippen molar-refractivity contribution in [3.63, 3.8) is 0 Å². The van der Waals surface area contributed by atoms with Crippen molar-refractivity contribution < 1.29 is 4.74 Å². The Morgan fingerprint density at radius 2 is 2.05 bits per heavy atom. The van der Waals surface area contributed by atoms with E-state index >= 15 is 0 Å². The number of nitrogen functional groups attached to an aromatic ring is 1. The van der Waals surface area contributed by atoms with Crippen LogP contribution in [-0.4, -0.2) is 29.2 Å². The van der Waals surface area contributed by atoms with Crippen LogP contribution in [0.2, 0.25) is 0 Å². The topological polar surface area (TPSA) is 64.3 Å². The summed E-state index contributed by atoms with van der Waals surface area (Å²) < 4.78 is 5.50. The normalized spacial score (nSPS) is 26.1. The molecular weight excluding hydrogens is 252 g/mol. The Kier molecular flexibility index (Phi) is 3.94. The monoisotopic (exact) mass is 276 g/mol. The molecule has 2 N–H and O–H groups in total. The van der Waals surface area contributed by atoms with Gasteiger partial charge >= 0.3 is 0 Å². The molecule has 2 aliphatic rings. The maximum atomic E-state index is 6.23. The zero-order valence-electron chi connectivity index (χ0n) is 12.2. The molecule has 20 heavy (non-hydrogen) atoms. The van der Waals surface area contributed by atoms with Gasteiger partial charge in [0, 0.05) is 12.6 Å². The van der Waals surface area contributed by atoms with E-state index in [1.807, 2.05) is 6.92 Å². The number of hydrogen-bond acceptors (Lipinski definition) is 5. The third kappa shape index (κ3) is 2.41. The predicted molar refractivity (Wildman–Crippen MR) is 79.9 cm³/mol. The zero-order chi connectivity index (χ0) is 13.9. The molecule has 5 heteroatoms.